The molecule has 0 aromatic heterocycles. The topological polar surface area (TPSA) is 94.2 Å². The Bertz CT molecular complexity index is 1390. The minimum atomic E-state index is -4.71. The van der Waals surface area contributed by atoms with Crippen molar-refractivity contribution in [2.75, 3.05) is 19.5 Å². The van der Waals surface area contributed by atoms with E-state index in [2.05, 4.69) is 5.32 Å². The van der Waals surface area contributed by atoms with Crippen molar-refractivity contribution in [1.29, 1.82) is 0 Å². The van der Waals surface area contributed by atoms with Crippen LogP contribution in [-0.2, 0) is 22.8 Å². The van der Waals surface area contributed by atoms with E-state index in [1.165, 1.54) is 32.4 Å². The minimum absolute atomic E-state index is 0.1000. The van der Waals surface area contributed by atoms with E-state index in [1.807, 2.05) is 13.8 Å². The number of ether oxygens (including phenoxy) is 2. The predicted octanol–water partition coefficient (Wildman–Crippen LogP) is 6.32. The molecule has 0 aliphatic heterocycles. The summed E-state index contributed by atoms with van der Waals surface area (Å²) >= 11 is 0. The quantitative estimate of drug-likeness (QED) is 0.289. The van der Waals surface area contributed by atoms with Gasteiger partial charge in [0.1, 0.15) is 22.1 Å². The number of nitrogens with one attached hydrogen (secondary N) is 1. The second-order valence-corrected chi connectivity index (χ2v) is 10.2. The molecule has 2 amide bonds. The monoisotopic (exact) mass is 566 g/mol. The van der Waals surface area contributed by atoms with E-state index < -0.39 is 32.8 Å². The lowest BCUT2D eigenvalue weighted by Crippen LogP contribution is -2.40. The Morgan fingerprint density at radius 3 is 2.18 bits per heavy atom. The first-order chi connectivity index (χ1) is 18.4. The van der Waals surface area contributed by atoms with Crippen LogP contribution in [-0.4, -0.2) is 39.6 Å². The van der Waals surface area contributed by atoms with Gasteiger partial charge >= 0.3 is 22.3 Å². The van der Waals surface area contributed by atoms with Gasteiger partial charge < -0.3 is 23.9 Å². The first-order valence-electron chi connectivity index (χ1n) is 11.9. The lowest BCUT2D eigenvalue weighted by Gasteiger charge is -2.29. The maximum atomic E-state index is 13.2. The number of benzene rings is 3. The van der Waals surface area contributed by atoms with Crippen molar-refractivity contribution in [3.8, 4) is 17.2 Å². The summed E-state index contributed by atoms with van der Waals surface area (Å²) in [6.45, 7) is 3.88. The Kier molecular flexibility index (Phi) is 9.33. The number of amides is 2. The van der Waals surface area contributed by atoms with Crippen molar-refractivity contribution in [3.05, 3.63) is 77.9 Å². The average Bonchev–Trinajstić information content (AvgIpc) is 2.90. The molecule has 0 heterocycles. The molecule has 210 valence electrons. The summed E-state index contributed by atoms with van der Waals surface area (Å²) in [7, 11) is -1.56. The standard InChI is InChI=1S/C27H29F3N2O6S/c1-5-18(2)32(26(33)31-21-14-23(36-3)16-24(15-21)37-4)17-19-8-6-10-22(12-19)38-39(34,35)25-11-7-9-20(13-25)27(28,29)30/h6-16,18H,5,17H2,1-4H3,(H,31,33). The molecule has 1 atom stereocenters. The second-order valence-electron chi connectivity index (χ2n) is 8.63. The highest BCUT2D eigenvalue weighted by molar-refractivity contribution is 7.87. The van der Waals surface area contributed by atoms with E-state index in [0.29, 0.717) is 35.2 Å². The number of alkyl halides is 3. The largest absolute Gasteiger partial charge is 0.497 e. The Morgan fingerprint density at radius 2 is 1.59 bits per heavy atom. The number of carbonyl (C=O) groups is 1. The minimum Gasteiger partial charge on any atom is -0.497 e. The predicted molar refractivity (Wildman–Crippen MR) is 140 cm³/mol. The average molecular weight is 567 g/mol. The van der Waals surface area contributed by atoms with Gasteiger partial charge in [-0.15, -0.1) is 0 Å². The number of hydrogen-bond donors (Lipinski definition) is 1. The van der Waals surface area contributed by atoms with Gasteiger partial charge in [-0.3, -0.25) is 0 Å². The Labute approximate surface area is 225 Å². The van der Waals surface area contributed by atoms with Crippen LogP contribution >= 0.6 is 0 Å². The number of urea groups is 1. The van der Waals surface area contributed by atoms with Crippen LogP contribution in [0.5, 0.6) is 17.2 Å². The summed E-state index contributed by atoms with van der Waals surface area (Å²) in [4.78, 5) is 14.2. The van der Waals surface area contributed by atoms with E-state index in [4.69, 9.17) is 13.7 Å². The zero-order valence-electron chi connectivity index (χ0n) is 21.8. The molecule has 3 rings (SSSR count). The first-order valence-corrected chi connectivity index (χ1v) is 13.3. The molecular formula is C27H29F3N2O6S. The number of methoxy groups -OCH3 is 2. The van der Waals surface area contributed by atoms with Crippen molar-refractivity contribution in [1.82, 2.24) is 4.90 Å². The molecule has 0 radical (unpaired) electrons. The van der Waals surface area contributed by atoms with Crippen LogP contribution in [0.2, 0.25) is 0 Å². The highest BCUT2D eigenvalue weighted by atomic mass is 32.2. The summed E-state index contributed by atoms with van der Waals surface area (Å²) in [6.07, 6.45) is -4.07. The van der Waals surface area contributed by atoms with Crippen LogP contribution in [0.25, 0.3) is 0 Å². The van der Waals surface area contributed by atoms with Gasteiger partial charge in [0.15, 0.2) is 0 Å². The third kappa shape index (κ3) is 7.79. The third-order valence-electron chi connectivity index (χ3n) is 5.89. The fraction of sp³-hybridized carbons (Fsp3) is 0.296. The van der Waals surface area contributed by atoms with Crippen LogP contribution in [0.1, 0.15) is 31.4 Å². The molecule has 12 heteroatoms. The summed E-state index contributed by atoms with van der Waals surface area (Å²) in [5.74, 6) is 0.880. The van der Waals surface area contributed by atoms with E-state index >= 15 is 0 Å². The molecule has 1 N–H and O–H groups in total. The molecule has 0 saturated carbocycles. The van der Waals surface area contributed by atoms with Crippen molar-refractivity contribution >= 4 is 21.8 Å². The molecule has 0 saturated heterocycles. The molecular weight excluding hydrogens is 537 g/mol. The van der Waals surface area contributed by atoms with E-state index in [1.54, 1.807) is 29.2 Å². The molecule has 39 heavy (non-hydrogen) atoms. The first kappa shape index (κ1) is 29.6. The van der Waals surface area contributed by atoms with Gasteiger partial charge in [0.25, 0.3) is 0 Å². The lowest BCUT2D eigenvalue weighted by molar-refractivity contribution is -0.137. The number of nitrogens with zero attached hydrogens (tertiary/aromatic N) is 1. The second kappa shape index (κ2) is 12.3. The zero-order chi connectivity index (χ0) is 28.8. The SMILES string of the molecule is CCC(C)N(Cc1cccc(OS(=O)(=O)c2cccc(C(F)(F)F)c2)c1)C(=O)Nc1cc(OC)cc(OC)c1. The third-order valence-corrected chi connectivity index (χ3v) is 7.14. The van der Waals surface area contributed by atoms with Gasteiger partial charge in [-0.05, 0) is 49.2 Å². The van der Waals surface area contributed by atoms with Crippen LogP contribution in [0.4, 0.5) is 23.7 Å². The van der Waals surface area contributed by atoms with Crippen molar-refractivity contribution in [2.24, 2.45) is 0 Å². The van der Waals surface area contributed by atoms with Crippen LogP contribution in [0.15, 0.2) is 71.6 Å². The molecule has 0 bridgehead atoms. The molecule has 0 aliphatic carbocycles. The number of hydrogen-bond acceptors (Lipinski definition) is 6. The van der Waals surface area contributed by atoms with E-state index in [-0.39, 0.29) is 18.3 Å². The molecule has 0 spiro atoms. The number of carbonyl (C=O) groups excluding carboxylic acids is 1. The highest BCUT2D eigenvalue weighted by Gasteiger charge is 2.32. The Morgan fingerprint density at radius 1 is 0.949 bits per heavy atom. The Balaban J connectivity index is 1.82. The molecule has 1 unspecified atom stereocenters. The van der Waals surface area contributed by atoms with Gasteiger partial charge in [0.05, 0.1) is 19.8 Å². The summed E-state index contributed by atoms with van der Waals surface area (Å²) < 4.78 is 80.2. The molecule has 3 aromatic rings. The molecule has 0 fully saturated rings. The van der Waals surface area contributed by atoms with Gasteiger partial charge in [-0.25, -0.2) is 4.79 Å². The van der Waals surface area contributed by atoms with Gasteiger partial charge in [0, 0.05) is 36.5 Å². The highest BCUT2D eigenvalue weighted by Crippen LogP contribution is 2.31. The van der Waals surface area contributed by atoms with Gasteiger partial charge in [0.2, 0.25) is 0 Å². The molecule has 3 aromatic carbocycles. The van der Waals surface area contributed by atoms with E-state index in [0.717, 1.165) is 18.2 Å². The van der Waals surface area contributed by atoms with Crippen LogP contribution in [0.3, 0.4) is 0 Å². The Hall–Kier alpha value is -3.93. The molecule has 8 nitrogen and oxygen atoms in total. The van der Waals surface area contributed by atoms with E-state index in [9.17, 15) is 26.4 Å². The van der Waals surface area contributed by atoms with Gasteiger partial charge in [-0.1, -0.05) is 25.1 Å². The number of anilines is 1. The number of rotatable bonds is 10. The van der Waals surface area contributed by atoms with Crippen molar-refractivity contribution < 1.29 is 40.0 Å². The fourth-order valence-electron chi connectivity index (χ4n) is 3.62. The van der Waals surface area contributed by atoms with Crippen LogP contribution in [0, 0.1) is 0 Å². The maximum absolute atomic E-state index is 13.2. The summed E-state index contributed by atoms with van der Waals surface area (Å²) in [5.41, 5.74) is -0.107. The van der Waals surface area contributed by atoms with Crippen LogP contribution < -0.4 is 19.0 Å². The van der Waals surface area contributed by atoms with Gasteiger partial charge in [-0.2, -0.15) is 21.6 Å². The maximum Gasteiger partial charge on any atom is 0.416 e. The number of halogens is 3. The molecule has 0 aliphatic rings. The summed E-state index contributed by atoms with van der Waals surface area (Å²) in [5, 5.41) is 2.83. The van der Waals surface area contributed by atoms with Crippen molar-refractivity contribution in [3.63, 3.8) is 0 Å². The van der Waals surface area contributed by atoms with Crippen molar-refractivity contribution in [2.45, 2.75) is 43.9 Å². The lowest BCUT2D eigenvalue weighted by atomic mass is 10.1. The normalized spacial score (nSPS) is 12.4. The summed E-state index contributed by atoms with van der Waals surface area (Å²) in [6, 6.07) is 13.6. The smallest absolute Gasteiger partial charge is 0.416 e. The zero-order valence-corrected chi connectivity index (χ0v) is 22.6. The fourth-order valence-corrected chi connectivity index (χ4v) is 4.59.